The average Bonchev–Trinajstić information content (AvgIpc) is 2.64. The Hall–Kier alpha value is -3.38. The van der Waals surface area contributed by atoms with Crippen molar-refractivity contribution in [1.29, 1.82) is 0 Å². The summed E-state index contributed by atoms with van der Waals surface area (Å²) in [7, 11) is 0. The number of nitrogens with zero attached hydrogens (tertiary/aromatic N) is 1. The van der Waals surface area contributed by atoms with Crippen molar-refractivity contribution >= 4 is 28.8 Å². The van der Waals surface area contributed by atoms with E-state index in [9.17, 15) is 9.59 Å². The summed E-state index contributed by atoms with van der Waals surface area (Å²) in [5.74, 6) is 0.964. The van der Waals surface area contributed by atoms with E-state index < -0.39 is 11.5 Å². The monoisotopic (exact) mass is 370 g/mol. The average molecular weight is 371 g/mol. The Morgan fingerprint density at radius 3 is 1.88 bits per heavy atom. The smallest absolute Gasteiger partial charge is 0.415 e. The predicted octanol–water partition coefficient (Wildman–Crippen LogP) is 5.12. The molecule has 1 heterocycles. The molecule has 0 spiro atoms. The van der Waals surface area contributed by atoms with Crippen LogP contribution in [0.3, 0.4) is 0 Å². The molecule has 0 unspecified atom stereocenters. The summed E-state index contributed by atoms with van der Waals surface area (Å²) in [6, 6.07) is 21.0. The van der Waals surface area contributed by atoms with Gasteiger partial charge in [0.15, 0.2) is 0 Å². The highest BCUT2D eigenvalue weighted by molar-refractivity contribution is 6.61. The summed E-state index contributed by atoms with van der Waals surface area (Å²) in [5, 5.41) is 2.57. The maximum absolute atomic E-state index is 11.4. The van der Waals surface area contributed by atoms with Crippen molar-refractivity contribution in [3.05, 3.63) is 85.2 Å². The molecule has 0 bridgehead atoms. The Labute approximate surface area is 155 Å². The van der Waals surface area contributed by atoms with E-state index in [0.29, 0.717) is 17.2 Å². The van der Waals surface area contributed by atoms with Gasteiger partial charge in [-0.05, 0) is 36.4 Å². The molecular weight excluding hydrogens is 356 g/mol. The number of rotatable bonds is 3. The summed E-state index contributed by atoms with van der Waals surface area (Å²) >= 11 is 4.95. The van der Waals surface area contributed by atoms with Gasteiger partial charge in [-0.1, -0.05) is 36.4 Å². The first kappa shape index (κ1) is 19.0. The molecule has 0 radical (unpaired) electrons. The first-order valence-electron chi connectivity index (χ1n) is 7.50. The summed E-state index contributed by atoms with van der Waals surface area (Å²) < 4.78 is 9.58. The van der Waals surface area contributed by atoms with Crippen molar-refractivity contribution in [2.75, 3.05) is 5.32 Å². The van der Waals surface area contributed by atoms with Crippen LogP contribution in [0, 0.1) is 0 Å². The normalized spacial score (nSPS) is 9.27. The van der Waals surface area contributed by atoms with Crippen molar-refractivity contribution in [3.8, 4) is 11.5 Å². The molecule has 132 valence electrons. The maximum Gasteiger partial charge on any atom is 0.417 e. The van der Waals surface area contributed by atoms with E-state index in [4.69, 9.17) is 16.3 Å². The molecule has 0 saturated heterocycles. The number of carbonyl (C=O) groups excluding carboxylic acids is 2. The van der Waals surface area contributed by atoms with E-state index in [1.807, 2.05) is 12.1 Å². The molecule has 3 aromatic rings. The fraction of sp³-hybridized carbons (Fsp3) is 0. The van der Waals surface area contributed by atoms with Crippen LogP contribution in [0.15, 0.2) is 85.2 Å². The number of carbonyl (C=O) groups is 2. The lowest BCUT2D eigenvalue weighted by Crippen LogP contribution is -2.16. The van der Waals surface area contributed by atoms with Crippen molar-refractivity contribution in [2.45, 2.75) is 0 Å². The maximum atomic E-state index is 11.4. The molecule has 0 atom stereocenters. The molecule has 0 fully saturated rings. The van der Waals surface area contributed by atoms with Crippen LogP contribution in [0.2, 0.25) is 0 Å². The van der Waals surface area contributed by atoms with Crippen molar-refractivity contribution in [3.63, 3.8) is 0 Å². The first-order chi connectivity index (χ1) is 12.6. The number of aromatic nitrogens is 1. The molecule has 1 N–H and O–H groups in total. The number of benzene rings is 2. The molecule has 0 aliphatic carbocycles. The Morgan fingerprint density at radius 1 is 0.808 bits per heavy atom. The lowest BCUT2D eigenvalue weighted by Gasteiger charge is -2.05. The topological polar surface area (TPSA) is 77.5 Å². The highest BCUT2D eigenvalue weighted by atomic mass is 35.5. The third kappa shape index (κ3) is 7.46. The summed E-state index contributed by atoms with van der Waals surface area (Å²) in [4.78, 5) is 25.5. The first-order valence-corrected chi connectivity index (χ1v) is 7.87. The zero-order valence-corrected chi connectivity index (χ0v) is 14.3. The second-order valence-corrected chi connectivity index (χ2v) is 5.03. The molecule has 7 heteroatoms. The lowest BCUT2D eigenvalue weighted by molar-refractivity contribution is 0.215. The number of hydrogen-bond donors (Lipinski definition) is 1. The predicted molar refractivity (Wildman–Crippen MR) is 98.6 cm³/mol. The van der Waals surface area contributed by atoms with Crippen LogP contribution in [-0.2, 0) is 0 Å². The second-order valence-electron chi connectivity index (χ2n) is 4.72. The van der Waals surface area contributed by atoms with Gasteiger partial charge in [-0.3, -0.25) is 10.3 Å². The van der Waals surface area contributed by atoms with E-state index in [2.05, 4.69) is 15.0 Å². The molecule has 1 aromatic heterocycles. The van der Waals surface area contributed by atoms with E-state index >= 15 is 0 Å². The van der Waals surface area contributed by atoms with Crippen LogP contribution in [-0.4, -0.2) is 16.5 Å². The number of ether oxygens (including phenoxy) is 2. The second kappa shape index (κ2) is 10.5. The minimum atomic E-state index is -0.814. The van der Waals surface area contributed by atoms with Gasteiger partial charge in [-0.15, -0.1) is 0 Å². The van der Waals surface area contributed by atoms with Crippen LogP contribution in [0.1, 0.15) is 0 Å². The van der Waals surface area contributed by atoms with Gasteiger partial charge in [0, 0.05) is 17.8 Å². The Kier molecular flexibility index (Phi) is 7.64. The highest BCUT2D eigenvalue weighted by Gasteiger charge is 2.03. The third-order valence-corrected chi connectivity index (χ3v) is 2.88. The van der Waals surface area contributed by atoms with Gasteiger partial charge in [0.2, 0.25) is 0 Å². The third-order valence-electron chi connectivity index (χ3n) is 2.80. The summed E-state index contributed by atoms with van der Waals surface area (Å²) in [6.45, 7) is 0. The van der Waals surface area contributed by atoms with Gasteiger partial charge in [0.25, 0.3) is 0 Å². The zero-order valence-electron chi connectivity index (χ0n) is 13.5. The Balaban J connectivity index is 0.000000209. The number of hydrogen-bond acceptors (Lipinski definition) is 5. The molecule has 0 aliphatic heterocycles. The molecule has 6 nitrogen and oxygen atoms in total. The van der Waals surface area contributed by atoms with Crippen LogP contribution < -0.4 is 14.8 Å². The zero-order chi connectivity index (χ0) is 18.6. The van der Waals surface area contributed by atoms with Gasteiger partial charge in [-0.25, -0.2) is 9.59 Å². The molecule has 0 saturated carbocycles. The number of nitrogens with one attached hydrogen (secondary N) is 1. The minimum absolute atomic E-state index is 0.461. The number of pyridine rings is 1. The fourth-order valence-electron chi connectivity index (χ4n) is 1.76. The SMILES string of the molecule is O=C(Cl)Oc1ccccc1.O=C(Nc1cccnc1)Oc1ccccc1. The van der Waals surface area contributed by atoms with Crippen LogP contribution >= 0.6 is 11.6 Å². The van der Waals surface area contributed by atoms with Gasteiger partial charge in [0.1, 0.15) is 11.5 Å². The number of anilines is 1. The molecule has 26 heavy (non-hydrogen) atoms. The molecule has 0 aliphatic rings. The summed E-state index contributed by atoms with van der Waals surface area (Å²) in [5.41, 5.74) is -0.213. The largest absolute Gasteiger partial charge is 0.417 e. The highest BCUT2D eigenvalue weighted by Crippen LogP contribution is 2.10. The lowest BCUT2D eigenvalue weighted by atomic mass is 10.3. The summed E-state index contributed by atoms with van der Waals surface area (Å²) in [6.07, 6.45) is 2.65. The van der Waals surface area contributed by atoms with E-state index in [-0.39, 0.29) is 0 Å². The molecule has 1 amide bonds. The molecular formula is C19H15ClN2O4. The van der Waals surface area contributed by atoms with Gasteiger partial charge in [-0.2, -0.15) is 0 Å². The van der Waals surface area contributed by atoms with Crippen LogP contribution in [0.5, 0.6) is 11.5 Å². The Bertz CT molecular complexity index is 771. The molecule has 2 aromatic carbocycles. The number of amides is 1. The van der Waals surface area contributed by atoms with Crippen LogP contribution in [0.25, 0.3) is 0 Å². The fourth-order valence-corrected chi connectivity index (χ4v) is 1.85. The van der Waals surface area contributed by atoms with Crippen molar-refractivity contribution in [1.82, 2.24) is 4.98 Å². The van der Waals surface area contributed by atoms with Crippen LogP contribution in [0.4, 0.5) is 15.3 Å². The Morgan fingerprint density at radius 2 is 1.38 bits per heavy atom. The van der Waals surface area contributed by atoms with Crippen molar-refractivity contribution < 1.29 is 19.1 Å². The number of halogens is 1. The van der Waals surface area contributed by atoms with E-state index in [1.54, 1.807) is 73.1 Å². The van der Waals surface area contributed by atoms with E-state index in [0.717, 1.165) is 0 Å². The minimum Gasteiger partial charge on any atom is -0.415 e. The standard InChI is InChI=1S/C12H10N2O2.C7H5ClO2/c15-12(14-10-5-4-8-13-9-10)16-11-6-2-1-3-7-11;8-7(9)10-6-4-2-1-3-5-6/h1-9H,(H,14,15);1-5H. The van der Waals surface area contributed by atoms with Gasteiger partial charge in [0.05, 0.1) is 11.9 Å². The van der Waals surface area contributed by atoms with E-state index in [1.165, 1.54) is 0 Å². The number of para-hydroxylation sites is 2. The quantitative estimate of drug-likeness (QED) is 0.647. The van der Waals surface area contributed by atoms with Gasteiger partial charge >= 0.3 is 11.5 Å². The van der Waals surface area contributed by atoms with Gasteiger partial charge < -0.3 is 9.47 Å². The molecule has 3 rings (SSSR count). The van der Waals surface area contributed by atoms with Crippen molar-refractivity contribution in [2.24, 2.45) is 0 Å².